The van der Waals surface area contributed by atoms with Crippen LogP contribution in [0.15, 0.2) is 47.1 Å². The minimum Gasteiger partial charge on any atom is -0.302 e. The van der Waals surface area contributed by atoms with E-state index in [0.717, 1.165) is 10.9 Å². The quantitative estimate of drug-likeness (QED) is 0.891. The first-order valence-corrected chi connectivity index (χ1v) is 7.98. The van der Waals surface area contributed by atoms with Crippen molar-refractivity contribution in [1.29, 1.82) is 0 Å². The lowest BCUT2D eigenvalue weighted by Crippen LogP contribution is -2.28. The van der Waals surface area contributed by atoms with Gasteiger partial charge in [0.25, 0.3) is 0 Å². The van der Waals surface area contributed by atoms with Crippen molar-refractivity contribution in [2.75, 3.05) is 0 Å². The molecule has 1 unspecified atom stereocenters. The number of hydrogen-bond acceptors (Lipinski definition) is 2. The maximum absolute atomic E-state index is 4.59. The molecule has 3 heteroatoms. The zero-order chi connectivity index (χ0) is 13.9. The molecular formula is C17H19BrN2. The predicted molar refractivity (Wildman–Crippen MR) is 85.6 cm³/mol. The van der Waals surface area contributed by atoms with E-state index in [0.29, 0.717) is 12.1 Å². The van der Waals surface area contributed by atoms with Gasteiger partial charge in [-0.2, -0.15) is 0 Å². The van der Waals surface area contributed by atoms with Crippen LogP contribution in [0.1, 0.15) is 48.7 Å². The second-order valence-electron chi connectivity index (χ2n) is 5.43. The molecule has 2 aromatic rings. The normalized spacial score (nSPS) is 19.4. The van der Waals surface area contributed by atoms with Crippen molar-refractivity contribution in [3.05, 3.63) is 63.9 Å². The molecular weight excluding hydrogens is 312 g/mol. The summed E-state index contributed by atoms with van der Waals surface area (Å²) >= 11 is 3.48. The summed E-state index contributed by atoms with van der Waals surface area (Å²) in [4.78, 5) is 4.59. The molecule has 1 aromatic heterocycles. The van der Waals surface area contributed by atoms with Crippen molar-refractivity contribution in [3.63, 3.8) is 0 Å². The number of benzene rings is 1. The third-order valence-electron chi connectivity index (χ3n) is 4.02. The van der Waals surface area contributed by atoms with Gasteiger partial charge in [0.05, 0.1) is 11.7 Å². The van der Waals surface area contributed by atoms with E-state index in [9.17, 15) is 0 Å². The number of fused-ring (bicyclic) bond motifs is 1. The van der Waals surface area contributed by atoms with Crippen molar-refractivity contribution in [1.82, 2.24) is 10.3 Å². The topological polar surface area (TPSA) is 24.9 Å². The fraction of sp³-hybridized carbons (Fsp3) is 0.353. The van der Waals surface area contributed by atoms with Crippen molar-refractivity contribution in [2.45, 2.75) is 38.3 Å². The Balaban J connectivity index is 1.77. The van der Waals surface area contributed by atoms with E-state index in [1.54, 1.807) is 0 Å². The van der Waals surface area contributed by atoms with Crippen LogP contribution >= 0.6 is 15.9 Å². The molecule has 0 aliphatic heterocycles. The number of hydrogen-bond donors (Lipinski definition) is 1. The lowest BCUT2D eigenvalue weighted by atomic mass is 9.91. The molecule has 1 aliphatic carbocycles. The number of aromatic nitrogens is 1. The van der Waals surface area contributed by atoms with Crippen molar-refractivity contribution < 1.29 is 0 Å². The summed E-state index contributed by atoms with van der Waals surface area (Å²) in [5.74, 6) is 0. The lowest BCUT2D eigenvalue weighted by molar-refractivity contribution is 0.406. The highest BCUT2D eigenvalue weighted by molar-refractivity contribution is 9.10. The zero-order valence-electron chi connectivity index (χ0n) is 11.6. The molecule has 0 radical (unpaired) electrons. The fourth-order valence-corrected chi connectivity index (χ4v) is 3.19. The van der Waals surface area contributed by atoms with Crippen LogP contribution in [0.5, 0.6) is 0 Å². The molecule has 2 nitrogen and oxygen atoms in total. The van der Waals surface area contributed by atoms with Gasteiger partial charge in [0.1, 0.15) is 0 Å². The van der Waals surface area contributed by atoms with E-state index in [4.69, 9.17) is 0 Å². The van der Waals surface area contributed by atoms with E-state index in [1.165, 1.54) is 29.7 Å². The monoisotopic (exact) mass is 330 g/mol. The summed E-state index contributed by atoms with van der Waals surface area (Å²) in [6, 6.07) is 13.5. The lowest BCUT2D eigenvalue weighted by Gasteiger charge is -2.28. The highest BCUT2D eigenvalue weighted by Gasteiger charge is 2.22. The molecule has 20 heavy (non-hydrogen) atoms. The number of nitrogens with zero attached hydrogens (tertiary/aromatic N) is 1. The van der Waals surface area contributed by atoms with Crippen LogP contribution in [-0.2, 0) is 6.42 Å². The Morgan fingerprint density at radius 1 is 1.25 bits per heavy atom. The van der Waals surface area contributed by atoms with Crippen LogP contribution in [0.25, 0.3) is 0 Å². The van der Waals surface area contributed by atoms with Gasteiger partial charge in [-0.3, -0.25) is 4.98 Å². The van der Waals surface area contributed by atoms with Gasteiger partial charge >= 0.3 is 0 Å². The first-order chi connectivity index (χ1) is 9.74. The molecule has 1 heterocycles. The van der Waals surface area contributed by atoms with E-state index < -0.39 is 0 Å². The van der Waals surface area contributed by atoms with Crippen molar-refractivity contribution in [2.24, 2.45) is 0 Å². The van der Waals surface area contributed by atoms with Crippen LogP contribution in [0, 0.1) is 0 Å². The van der Waals surface area contributed by atoms with Crippen molar-refractivity contribution >= 4 is 15.9 Å². The third-order valence-corrected chi connectivity index (χ3v) is 4.54. The third kappa shape index (κ3) is 2.94. The number of nitrogens with one attached hydrogen (secondary N) is 1. The van der Waals surface area contributed by atoms with E-state index >= 15 is 0 Å². The molecule has 104 valence electrons. The SMILES string of the molecule is C[C@@H](NC1CCCc2cccnc21)c1ccc(Br)cc1. The van der Waals surface area contributed by atoms with Gasteiger partial charge in [-0.05, 0) is 55.5 Å². The Hall–Kier alpha value is -1.19. The molecule has 3 rings (SSSR count). The summed E-state index contributed by atoms with van der Waals surface area (Å²) in [7, 11) is 0. The average Bonchev–Trinajstić information content (AvgIpc) is 2.48. The standard InChI is InChI=1S/C17H19BrN2/c1-12(13-7-9-15(18)10-8-13)20-16-6-2-4-14-5-3-11-19-17(14)16/h3,5,7-12,16,20H,2,4,6H2,1H3/t12-,16?/m1/s1. The Bertz CT molecular complexity index is 580. The smallest absolute Gasteiger partial charge is 0.0605 e. The van der Waals surface area contributed by atoms with Gasteiger partial charge in [0.15, 0.2) is 0 Å². The maximum atomic E-state index is 4.59. The average molecular weight is 331 g/mol. The molecule has 0 saturated heterocycles. The number of aryl methyl sites for hydroxylation is 1. The molecule has 0 spiro atoms. The van der Waals surface area contributed by atoms with Crippen LogP contribution < -0.4 is 5.32 Å². The second kappa shape index (κ2) is 6.06. The molecule has 1 aliphatic rings. The van der Waals surface area contributed by atoms with Crippen molar-refractivity contribution in [3.8, 4) is 0 Å². The Morgan fingerprint density at radius 3 is 2.85 bits per heavy atom. The minimum absolute atomic E-state index is 0.334. The maximum Gasteiger partial charge on any atom is 0.0605 e. The predicted octanol–water partition coefficient (Wildman–Crippen LogP) is 4.57. The fourth-order valence-electron chi connectivity index (χ4n) is 2.92. The van der Waals surface area contributed by atoms with Gasteiger partial charge in [-0.1, -0.05) is 34.1 Å². The highest BCUT2D eigenvalue weighted by atomic mass is 79.9. The van der Waals surface area contributed by atoms with Gasteiger partial charge in [0, 0.05) is 16.7 Å². The van der Waals surface area contributed by atoms with E-state index in [1.807, 2.05) is 12.3 Å². The van der Waals surface area contributed by atoms with Crippen LogP contribution in [0.2, 0.25) is 0 Å². The zero-order valence-corrected chi connectivity index (χ0v) is 13.2. The molecule has 1 N–H and O–H groups in total. The largest absolute Gasteiger partial charge is 0.302 e. The molecule has 1 aromatic carbocycles. The second-order valence-corrected chi connectivity index (χ2v) is 6.35. The minimum atomic E-state index is 0.334. The Kier molecular flexibility index (Phi) is 4.18. The highest BCUT2D eigenvalue weighted by Crippen LogP contribution is 2.30. The van der Waals surface area contributed by atoms with Gasteiger partial charge in [0.2, 0.25) is 0 Å². The summed E-state index contributed by atoms with van der Waals surface area (Å²) in [5, 5.41) is 3.73. The summed E-state index contributed by atoms with van der Waals surface area (Å²) in [5.41, 5.74) is 3.96. The molecule has 0 saturated carbocycles. The van der Waals surface area contributed by atoms with Gasteiger partial charge in [-0.15, -0.1) is 0 Å². The van der Waals surface area contributed by atoms with E-state index in [-0.39, 0.29) is 0 Å². The summed E-state index contributed by atoms with van der Waals surface area (Å²) in [6.07, 6.45) is 5.48. The first-order valence-electron chi connectivity index (χ1n) is 7.19. The number of rotatable bonds is 3. The molecule has 0 amide bonds. The number of halogens is 1. The summed E-state index contributed by atoms with van der Waals surface area (Å²) in [6.45, 7) is 2.22. The molecule has 0 fully saturated rings. The Labute approximate surface area is 128 Å². The van der Waals surface area contributed by atoms with Crippen LogP contribution in [-0.4, -0.2) is 4.98 Å². The summed E-state index contributed by atoms with van der Waals surface area (Å²) < 4.78 is 1.12. The van der Waals surface area contributed by atoms with E-state index in [2.05, 4.69) is 63.5 Å². The van der Waals surface area contributed by atoms with Gasteiger partial charge in [-0.25, -0.2) is 0 Å². The Morgan fingerprint density at radius 2 is 2.05 bits per heavy atom. The molecule has 2 atom stereocenters. The first kappa shape index (κ1) is 13.8. The van der Waals surface area contributed by atoms with Crippen LogP contribution in [0.3, 0.4) is 0 Å². The molecule has 0 bridgehead atoms. The van der Waals surface area contributed by atoms with Gasteiger partial charge < -0.3 is 5.32 Å². The van der Waals surface area contributed by atoms with Crippen LogP contribution in [0.4, 0.5) is 0 Å². The number of pyridine rings is 1.